The molecule has 0 bridgehead atoms. The van der Waals surface area contributed by atoms with E-state index in [1.165, 1.54) is 6.42 Å². The predicted octanol–water partition coefficient (Wildman–Crippen LogP) is 8.65. The van der Waals surface area contributed by atoms with Crippen molar-refractivity contribution in [1.29, 1.82) is 0 Å². The van der Waals surface area contributed by atoms with Gasteiger partial charge in [-0.1, -0.05) is 88.7 Å². The van der Waals surface area contributed by atoms with E-state index in [9.17, 15) is 0 Å². The summed E-state index contributed by atoms with van der Waals surface area (Å²) >= 11 is 0. The minimum Gasteiger partial charge on any atom is -0.385 e. The van der Waals surface area contributed by atoms with Gasteiger partial charge in [-0.3, -0.25) is 0 Å². The summed E-state index contributed by atoms with van der Waals surface area (Å²) in [6.45, 7) is 33.4. The molecule has 0 atom stereocenters. The molecule has 0 aliphatic rings. The lowest BCUT2D eigenvalue weighted by molar-refractivity contribution is 0.215. The number of hydrogen-bond acceptors (Lipinski definition) is 2. The summed E-state index contributed by atoms with van der Waals surface area (Å²) < 4.78 is 9.08. The standard InChI is InChI=1S/C5H12.2C3H8O.C3H6.4C2H6/c1-4-5(2)3;2*1-3-4-2;1-3-2;4*1-2/h5H,4H2,1-3H3;2*3H2,1-2H3;3H,1H2,2H3;4*1-2H3. The van der Waals surface area contributed by atoms with Gasteiger partial charge in [-0.2, -0.15) is 0 Å². The van der Waals surface area contributed by atoms with Gasteiger partial charge in [-0.15, -0.1) is 6.58 Å². The highest BCUT2D eigenvalue weighted by atomic mass is 16.5. The Balaban J connectivity index is -0.0000000210. The average Bonchev–Trinajstić information content (AvgIpc) is 2.69. The molecule has 2 heteroatoms. The molecule has 24 heavy (non-hydrogen) atoms. The first-order chi connectivity index (χ1) is 11.5. The third-order valence-corrected chi connectivity index (χ3v) is 1.39. The van der Waals surface area contributed by atoms with Crippen molar-refractivity contribution >= 4 is 0 Å². The molecular weight excluding hydrogens is 296 g/mol. The largest absolute Gasteiger partial charge is 0.385 e. The van der Waals surface area contributed by atoms with Crippen molar-refractivity contribution in [2.24, 2.45) is 5.92 Å². The maximum Gasteiger partial charge on any atom is 0.0433 e. The van der Waals surface area contributed by atoms with Crippen LogP contribution in [0.1, 0.15) is 103 Å². The molecule has 0 aromatic carbocycles. The summed E-state index contributed by atoms with van der Waals surface area (Å²) in [5.41, 5.74) is 0. The molecule has 0 aliphatic carbocycles. The zero-order valence-corrected chi connectivity index (χ0v) is 20.8. The van der Waals surface area contributed by atoms with Crippen LogP contribution >= 0.6 is 0 Å². The summed E-state index contributed by atoms with van der Waals surface area (Å²) in [5.74, 6) is 0.884. The highest BCUT2D eigenvalue weighted by Gasteiger charge is 1.80. The number of rotatable bonds is 3. The van der Waals surface area contributed by atoms with Gasteiger partial charge in [0.1, 0.15) is 0 Å². The molecule has 0 aliphatic heterocycles. The molecule has 0 fully saturated rings. The summed E-state index contributed by atoms with van der Waals surface area (Å²) in [4.78, 5) is 0. The molecule has 0 radical (unpaired) electrons. The van der Waals surface area contributed by atoms with Crippen LogP contribution < -0.4 is 0 Å². The molecule has 0 spiro atoms. The molecule has 0 saturated heterocycles. The van der Waals surface area contributed by atoms with E-state index in [2.05, 4.69) is 36.8 Å². The first kappa shape index (κ1) is 49.5. The van der Waals surface area contributed by atoms with E-state index in [1.807, 2.05) is 76.2 Å². The zero-order chi connectivity index (χ0) is 21.8. The molecule has 0 N–H and O–H groups in total. The van der Waals surface area contributed by atoms with Gasteiger partial charge in [0.25, 0.3) is 0 Å². The quantitative estimate of drug-likeness (QED) is 0.472. The van der Waals surface area contributed by atoms with Gasteiger partial charge in [0.15, 0.2) is 0 Å². The van der Waals surface area contributed by atoms with Gasteiger partial charge in [0, 0.05) is 27.4 Å². The summed E-state index contributed by atoms with van der Waals surface area (Å²) in [5, 5.41) is 0. The van der Waals surface area contributed by atoms with Crippen molar-refractivity contribution in [3.8, 4) is 0 Å². The smallest absolute Gasteiger partial charge is 0.0433 e. The van der Waals surface area contributed by atoms with Gasteiger partial charge in [-0.25, -0.2) is 0 Å². The van der Waals surface area contributed by atoms with E-state index in [4.69, 9.17) is 0 Å². The van der Waals surface area contributed by atoms with Crippen molar-refractivity contribution in [2.45, 2.75) is 103 Å². The van der Waals surface area contributed by atoms with Crippen LogP contribution in [0.25, 0.3) is 0 Å². The van der Waals surface area contributed by atoms with E-state index < -0.39 is 0 Å². The van der Waals surface area contributed by atoms with Crippen LogP contribution in [0.5, 0.6) is 0 Å². The Hall–Kier alpha value is -0.340. The lowest BCUT2D eigenvalue weighted by atomic mass is 10.2. The second kappa shape index (κ2) is 142. The van der Waals surface area contributed by atoms with Crippen molar-refractivity contribution < 1.29 is 9.47 Å². The SMILES string of the molecule is C=CC.CC.CC.CC.CC.CCC(C)C.CCOC.CCOC. The van der Waals surface area contributed by atoms with Crippen LogP contribution in [0.2, 0.25) is 0 Å². The highest BCUT2D eigenvalue weighted by Crippen LogP contribution is 1.93. The van der Waals surface area contributed by atoms with Gasteiger partial charge in [0.05, 0.1) is 0 Å². The van der Waals surface area contributed by atoms with Gasteiger partial charge in [-0.05, 0) is 26.7 Å². The van der Waals surface area contributed by atoms with Crippen LogP contribution in [0.3, 0.4) is 0 Å². The van der Waals surface area contributed by atoms with E-state index in [0.717, 1.165) is 19.1 Å². The van der Waals surface area contributed by atoms with Crippen LogP contribution in [0.15, 0.2) is 12.7 Å². The van der Waals surface area contributed by atoms with Crippen LogP contribution in [0.4, 0.5) is 0 Å². The second-order valence-corrected chi connectivity index (χ2v) is 3.37. The number of hydrogen-bond donors (Lipinski definition) is 0. The maximum atomic E-state index is 4.54. The van der Waals surface area contributed by atoms with Gasteiger partial charge in [0.2, 0.25) is 0 Å². The van der Waals surface area contributed by atoms with Crippen LogP contribution in [0, 0.1) is 5.92 Å². The minimum absolute atomic E-state index is 0.819. The highest BCUT2D eigenvalue weighted by molar-refractivity contribution is 4.51. The summed E-state index contributed by atoms with van der Waals surface area (Å²) in [6.07, 6.45) is 3.06. The molecular formula is C22H58O2. The van der Waals surface area contributed by atoms with Crippen molar-refractivity contribution in [1.82, 2.24) is 0 Å². The molecule has 0 saturated carbocycles. The minimum atomic E-state index is 0.819. The fourth-order valence-corrected chi connectivity index (χ4v) is 0. The van der Waals surface area contributed by atoms with Crippen molar-refractivity contribution in [3.63, 3.8) is 0 Å². The first-order valence-electron chi connectivity index (χ1n) is 10.1. The maximum absolute atomic E-state index is 4.54. The lowest BCUT2D eigenvalue weighted by Crippen LogP contribution is -1.77. The average molecular weight is 355 g/mol. The summed E-state index contributed by atoms with van der Waals surface area (Å²) in [6, 6.07) is 0. The molecule has 0 aromatic rings. The van der Waals surface area contributed by atoms with E-state index in [1.54, 1.807) is 20.3 Å². The van der Waals surface area contributed by atoms with Crippen molar-refractivity contribution in [2.75, 3.05) is 27.4 Å². The topological polar surface area (TPSA) is 18.5 Å². The Bertz CT molecular complexity index is 74.0. The Morgan fingerprint density at radius 1 is 0.708 bits per heavy atom. The number of methoxy groups -OCH3 is 2. The van der Waals surface area contributed by atoms with Crippen LogP contribution in [-0.4, -0.2) is 27.4 Å². The fourth-order valence-electron chi connectivity index (χ4n) is 0. The summed E-state index contributed by atoms with van der Waals surface area (Å²) in [7, 11) is 3.36. The number of allylic oxidation sites excluding steroid dienone is 1. The molecule has 0 amide bonds. The molecule has 0 aromatic heterocycles. The third-order valence-electron chi connectivity index (χ3n) is 1.39. The molecule has 0 rings (SSSR count). The Labute approximate surface area is 159 Å². The molecule has 0 unspecified atom stereocenters. The Morgan fingerprint density at radius 3 is 0.792 bits per heavy atom. The first-order valence-corrected chi connectivity index (χ1v) is 10.1. The van der Waals surface area contributed by atoms with Crippen molar-refractivity contribution in [3.05, 3.63) is 12.7 Å². The zero-order valence-electron chi connectivity index (χ0n) is 20.8. The van der Waals surface area contributed by atoms with E-state index >= 15 is 0 Å². The third kappa shape index (κ3) is 690. The monoisotopic (exact) mass is 354 g/mol. The normalized spacial score (nSPS) is 6.04. The number of ether oxygens (including phenoxy) is 2. The van der Waals surface area contributed by atoms with Gasteiger partial charge >= 0.3 is 0 Å². The molecule has 0 heterocycles. The lowest BCUT2D eigenvalue weighted by Gasteiger charge is -1.90. The fraction of sp³-hybridized carbons (Fsp3) is 0.909. The molecule has 2 nitrogen and oxygen atoms in total. The molecule has 158 valence electrons. The van der Waals surface area contributed by atoms with E-state index in [-0.39, 0.29) is 0 Å². The van der Waals surface area contributed by atoms with Gasteiger partial charge < -0.3 is 9.47 Å². The second-order valence-electron chi connectivity index (χ2n) is 3.37. The Kier molecular flexibility index (Phi) is 293. The Morgan fingerprint density at radius 2 is 0.792 bits per heavy atom. The van der Waals surface area contributed by atoms with E-state index in [0.29, 0.717) is 0 Å². The predicted molar refractivity (Wildman–Crippen MR) is 121 cm³/mol. The van der Waals surface area contributed by atoms with Crippen LogP contribution in [-0.2, 0) is 9.47 Å².